The number of aromatic nitrogens is 6. The predicted molar refractivity (Wildman–Crippen MR) is 93.2 cm³/mol. The van der Waals surface area contributed by atoms with Crippen molar-refractivity contribution in [1.82, 2.24) is 28.7 Å². The molecule has 0 aliphatic carbocycles. The third kappa shape index (κ3) is 1.91. The van der Waals surface area contributed by atoms with Crippen LogP contribution in [0.1, 0.15) is 6.92 Å². The van der Waals surface area contributed by atoms with Gasteiger partial charge in [-0.1, -0.05) is 28.1 Å². The molecule has 0 atom stereocenters. The Morgan fingerprint density at radius 3 is 2.54 bits per heavy atom. The molecule has 1 N–H and O–H groups in total. The maximum atomic E-state index is 12.3. The van der Waals surface area contributed by atoms with Crippen LogP contribution in [-0.2, 0) is 13.6 Å². The first-order chi connectivity index (χ1) is 11.5. The molecule has 24 heavy (non-hydrogen) atoms. The molecule has 4 aromatic rings. The Bertz CT molecular complexity index is 1200. The summed E-state index contributed by atoms with van der Waals surface area (Å²) >= 11 is 3.41. The van der Waals surface area contributed by atoms with Gasteiger partial charge in [0.25, 0.3) is 5.56 Å². The number of aryl methyl sites for hydroxylation is 2. The third-order valence-electron chi connectivity index (χ3n) is 4.06. The largest absolute Gasteiger partial charge is 0.329 e. The van der Waals surface area contributed by atoms with E-state index in [-0.39, 0.29) is 0 Å². The molecule has 0 radical (unpaired) electrons. The van der Waals surface area contributed by atoms with Crippen LogP contribution in [0.2, 0.25) is 0 Å². The fraction of sp³-hybridized carbons (Fsp3) is 0.200. The van der Waals surface area contributed by atoms with Gasteiger partial charge in [0.1, 0.15) is 0 Å². The molecule has 0 saturated heterocycles. The summed E-state index contributed by atoms with van der Waals surface area (Å²) in [6.07, 6.45) is 0. The second-order valence-corrected chi connectivity index (χ2v) is 6.32. The minimum absolute atomic E-state index is 0.405. The normalized spacial score (nSPS) is 11.6. The fourth-order valence-electron chi connectivity index (χ4n) is 2.93. The first-order valence-corrected chi connectivity index (χ1v) is 8.14. The van der Waals surface area contributed by atoms with E-state index in [4.69, 9.17) is 0 Å². The molecule has 1 aromatic carbocycles. The van der Waals surface area contributed by atoms with Crippen LogP contribution in [0.5, 0.6) is 0 Å². The maximum Gasteiger partial charge on any atom is 0.329 e. The second kappa shape index (κ2) is 5.17. The van der Waals surface area contributed by atoms with Gasteiger partial charge in [-0.25, -0.2) is 9.20 Å². The van der Waals surface area contributed by atoms with Gasteiger partial charge in [-0.15, -0.1) is 10.2 Å². The van der Waals surface area contributed by atoms with Crippen molar-refractivity contribution in [2.75, 3.05) is 0 Å². The van der Waals surface area contributed by atoms with E-state index in [1.807, 2.05) is 31.2 Å². The highest BCUT2D eigenvalue weighted by atomic mass is 79.9. The topological polar surface area (TPSA) is 90.0 Å². The maximum absolute atomic E-state index is 12.3. The number of imidazole rings is 1. The molecule has 3 aromatic heterocycles. The predicted octanol–water partition coefficient (Wildman–Crippen LogP) is 1.52. The van der Waals surface area contributed by atoms with Gasteiger partial charge >= 0.3 is 5.69 Å². The Morgan fingerprint density at radius 1 is 1.17 bits per heavy atom. The number of H-pyrrole nitrogens is 1. The first kappa shape index (κ1) is 14.9. The van der Waals surface area contributed by atoms with Crippen molar-refractivity contribution >= 4 is 32.9 Å². The Morgan fingerprint density at radius 2 is 1.88 bits per heavy atom. The van der Waals surface area contributed by atoms with E-state index in [2.05, 4.69) is 31.1 Å². The molecule has 0 fully saturated rings. The van der Waals surface area contributed by atoms with Crippen molar-refractivity contribution in [1.29, 1.82) is 0 Å². The van der Waals surface area contributed by atoms with E-state index in [0.717, 1.165) is 10.0 Å². The van der Waals surface area contributed by atoms with Crippen LogP contribution < -0.4 is 11.2 Å². The van der Waals surface area contributed by atoms with Crippen molar-refractivity contribution in [3.63, 3.8) is 0 Å². The fourth-order valence-corrected chi connectivity index (χ4v) is 3.19. The van der Waals surface area contributed by atoms with Gasteiger partial charge in [0.2, 0.25) is 5.78 Å². The van der Waals surface area contributed by atoms with Crippen LogP contribution in [0, 0.1) is 0 Å². The summed E-state index contributed by atoms with van der Waals surface area (Å²) in [5.41, 5.74) is 0.820. The lowest BCUT2D eigenvalue weighted by Gasteiger charge is -2.03. The van der Waals surface area contributed by atoms with Crippen LogP contribution in [0.3, 0.4) is 0 Å². The molecule has 0 unspecified atom stereocenters. The number of halogens is 1. The number of aromatic amines is 1. The molecular formula is C15H13BrN6O2. The zero-order chi connectivity index (χ0) is 17.0. The van der Waals surface area contributed by atoms with Gasteiger partial charge in [-0.2, -0.15) is 0 Å². The third-order valence-corrected chi connectivity index (χ3v) is 4.59. The summed E-state index contributed by atoms with van der Waals surface area (Å²) in [6, 6.07) is 7.62. The van der Waals surface area contributed by atoms with E-state index in [0.29, 0.717) is 29.3 Å². The lowest BCUT2D eigenvalue weighted by molar-refractivity contribution is 0.788. The van der Waals surface area contributed by atoms with Gasteiger partial charge in [0, 0.05) is 23.6 Å². The van der Waals surface area contributed by atoms with Gasteiger partial charge in [-0.05, 0) is 19.1 Å². The summed E-state index contributed by atoms with van der Waals surface area (Å²) in [4.78, 5) is 26.7. The smallest absolute Gasteiger partial charge is 0.303 e. The standard InChI is InChI=1S/C15H13BrN6O2/c1-3-21-10-12(23)17-15(24)20(2)13(10)22-11(18-19-14(21)22)8-4-6-9(16)7-5-8/h4-7H,3H2,1-2H3,(H,17,23,24). The highest BCUT2D eigenvalue weighted by molar-refractivity contribution is 9.10. The van der Waals surface area contributed by atoms with E-state index < -0.39 is 11.2 Å². The van der Waals surface area contributed by atoms with Gasteiger partial charge in [0.15, 0.2) is 17.0 Å². The Labute approximate surface area is 143 Å². The summed E-state index contributed by atoms with van der Waals surface area (Å²) in [5, 5.41) is 8.50. The molecule has 0 amide bonds. The summed E-state index contributed by atoms with van der Waals surface area (Å²) in [7, 11) is 1.62. The van der Waals surface area contributed by atoms with E-state index in [9.17, 15) is 9.59 Å². The molecule has 0 bridgehead atoms. The molecule has 0 spiro atoms. The van der Waals surface area contributed by atoms with Crippen LogP contribution in [0.15, 0.2) is 38.3 Å². The number of fused-ring (bicyclic) bond motifs is 3. The molecule has 0 saturated carbocycles. The molecular weight excluding hydrogens is 376 g/mol. The van der Waals surface area contributed by atoms with Crippen molar-refractivity contribution in [2.45, 2.75) is 13.5 Å². The average Bonchev–Trinajstić information content (AvgIpc) is 3.11. The average molecular weight is 389 g/mol. The van der Waals surface area contributed by atoms with Gasteiger partial charge in [-0.3, -0.25) is 14.3 Å². The molecule has 0 aliphatic heterocycles. The zero-order valence-corrected chi connectivity index (χ0v) is 14.5. The number of hydrogen-bond acceptors (Lipinski definition) is 4. The molecule has 0 aliphatic rings. The zero-order valence-electron chi connectivity index (χ0n) is 12.9. The minimum atomic E-state index is -0.474. The van der Waals surface area contributed by atoms with Gasteiger partial charge in [0.05, 0.1) is 0 Å². The molecule has 9 heteroatoms. The van der Waals surface area contributed by atoms with Crippen LogP contribution in [0.25, 0.3) is 28.3 Å². The minimum Gasteiger partial charge on any atom is -0.303 e. The highest BCUT2D eigenvalue weighted by Crippen LogP contribution is 2.25. The lowest BCUT2D eigenvalue weighted by Crippen LogP contribution is -2.29. The van der Waals surface area contributed by atoms with Gasteiger partial charge < -0.3 is 4.57 Å². The highest BCUT2D eigenvalue weighted by Gasteiger charge is 2.21. The Kier molecular flexibility index (Phi) is 3.20. The number of nitrogens with one attached hydrogen (secondary N) is 1. The second-order valence-electron chi connectivity index (χ2n) is 5.40. The van der Waals surface area contributed by atoms with Crippen molar-refractivity contribution < 1.29 is 0 Å². The van der Waals surface area contributed by atoms with Crippen LogP contribution in [-0.4, -0.2) is 28.7 Å². The van der Waals surface area contributed by atoms with Crippen LogP contribution in [0.4, 0.5) is 0 Å². The molecule has 3 heterocycles. The van der Waals surface area contributed by atoms with Crippen molar-refractivity contribution in [3.05, 3.63) is 49.6 Å². The lowest BCUT2D eigenvalue weighted by atomic mass is 10.2. The van der Waals surface area contributed by atoms with E-state index in [1.165, 1.54) is 4.57 Å². The summed E-state index contributed by atoms with van der Waals surface area (Å²) in [5.74, 6) is 1.10. The van der Waals surface area contributed by atoms with Crippen LogP contribution >= 0.6 is 15.9 Å². The quantitative estimate of drug-likeness (QED) is 0.563. The van der Waals surface area contributed by atoms with E-state index in [1.54, 1.807) is 16.0 Å². The summed E-state index contributed by atoms with van der Waals surface area (Å²) < 4.78 is 5.86. The molecule has 4 rings (SSSR count). The van der Waals surface area contributed by atoms with E-state index >= 15 is 0 Å². The molecule has 122 valence electrons. The Hall–Kier alpha value is -2.68. The van der Waals surface area contributed by atoms with Crippen molar-refractivity contribution in [2.24, 2.45) is 7.05 Å². The van der Waals surface area contributed by atoms with Crippen molar-refractivity contribution in [3.8, 4) is 11.4 Å². The monoisotopic (exact) mass is 388 g/mol. The Balaban J connectivity index is 2.23. The molecule has 8 nitrogen and oxygen atoms in total. The summed E-state index contributed by atoms with van der Waals surface area (Å²) in [6.45, 7) is 2.45. The number of benzene rings is 1. The number of hydrogen-bond donors (Lipinski definition) is 1. The SMILES string of the molecule is CCn1c2c(=O)[nH]c(=O)n(C)c2n2c(-c3ccc(Br)cc3)nnc12. The number of rotatable bonds is 2. The first-order valence-electron chi connectivity index (χ1n) is 7.35. The number of nitrogens with zero attached hydrogens (tertiary/aromatic N) is 5.